The number of hydrogen-bond donors (Lipinski definition) is 0. The molecule has 1 saturated carbocycles. The molecule has 1 aromatic rings. The molecule has 116 valence electrons. The Hall–Kier alpha value is -1.36. The van der Waals surface area contributed by atoms with Gasteiger partial charge in [0.25, 0.3) is 0 Å². The van der Waals surface area contributed by atoms with E-state index in [2.05, 4.69) is 28.5 Å². The number of fused-ring (bicyclic) bond motifs is 1. The van der Waals surface area contributed by atoms with Gasteiger partial charge in [0.15, 0.2) is 0 Å². The van der Waals surface area contributed by atoms with E-state index in [-0.39, 0.29) is 6.04 Å². The Kier molecular flexibility index (Phi) is 4.29. The van der Waals surface area contributed by atoms with Crippen LogP contribution in [0.2, 0.25) is 0 Å². The zero-order valence-corrected chi connectivity index (χ0v) is 13.2. The number of aromatic nitrogens is 2. The second-order valence-electron chi connectivity index (χ2n) is 6.33. The maximum atomic E-state index is 12.4. The number of carbonyl (C=O) groups excluding carboxylic acids is 1. The molecule has 21 heavy (non-hydrogen) atoms. The standard InChI is InChI=1S/C16H26N4O/c1-3-18(4-2)10-15-12-19(16(21)9-13-5-6-13)11-14-7-8-17-20(14)15/h7-8,13,15H,3-6,9-12H2,1-2H3. The van der Waals surface area contributed by atoms with Crippen molar-refractivity contribution < 1.29 is 4.79 Å². The third kappa shape index (κ3) is 3.28. The molecule has 1 unspecified atom stereocenters. The molecule has 1 aliphatic heterocycles. The number of amides is 1. The van der Waals surface area contributed by atoms with Gasteiger partial charge in [-0.05, 0) is 37.9 Å². The zero-order chi connectivity index (χ0) is 14.8. The Labute approximate surface area is 126 Å². The van der Waals surface area contributed by atoms with Crippen molar-refractivity contribution in [2.24, 2.45) is 5.92 Å². The molecule has 0 N–H and O–H groups in total. The highest BCUT2D eigenvalue weighted by atomic mass is 16.2. The number of hydrogen-bond acceptors (Lipinski definition) is 3. The summed E-state index contributed by atoms with van der Waals surface area (Å²) >= 11 is 0. The van der Waals surface area contributed by atoms with E-state index in [4.69, 9.17) is 0 Å². The predicted molar refractivity (Wildman–Crippen MR) is 81.8 cm³/mol. The van der Waals surface area contributed by atoms with Crippen molar-refractivity contribution in [3.8, 4) is 0 Å². The van der Waals surface area contributed by atoms with Crippen molar-refractivity contribution in [2.45, 2.75) is 45.7 Å². The number of likely N-dealkylation sites (N-methyl/N-ethyl adjacent to an activating group) is 1. The highest BCUT2D eigenvalue weighted by Gasteiger charge is 2.32. The van der Waals surface area contributed by atoms with Gasteiger partial charge < -0.3 is 9.80 Å². The Bertz CT molecular complexity index is 490. The van der Waals surface area contributed by atoms with Gasteiger partial charge in [0, 0.05) is 25.7 Å². The van der Waals surface area contributed by atoms with Crippen LogP contribution in [0.25, 0.3) is 0 Å². The van der Waals surface area contributed by atoms with Crippen LogP contribution in [-0.4, -0.2) is 51.7 Å². The molecule has 5 heteroatoms. The fourth-order valence-corrected chi connectivity index (χ4v) is 3.19. The Morgan fingerprint density at radius 1 is 1.38 bits per heavy atom. The van der Waals surface area contributed by atoms with E-state index in [9.17, 15) is 4.79 Å². The van der Waals surface area contributed by atoms with Crippen LogP contribution >= 0.6 is 0 Å². The SMILES string of the molecule is CCN(CC)CC1CN(C(=O)CC2CC2)Cc2ccnn21. The van der Waals surface area contributed by atoms with Gasteiger partial charge in [-0.25, -0.2) is 0 Å². The molecule has 1 atom stereocenters. The lowest BCUT2D eigenvalue weighted by Crippen LogP contribution is -2.45. The van der Waals surface area contributed by atoms with Crippen LogP contribution in [0, 0.1) is 5.92 Å². The molecule has 0 radical (unpaired) electrons. The second-order valence-corrected chi connectivity index (χ2v) is 6.33. The van der Waals surface area contributed by atoms with E-state index >= 15 is 0 Å². The molecular weight excluding hydrogens is 264 g/mol. The van der Waals surface area contributed by atoms with E-state index in [1.165, 1.54) is 18.5 Å². The summed E-state index contributed by atoms with van der Waals surface area (Å²) in [5, 5.41) is 4.48. The Morgan fingerprint density at radius 2 is 2.14 bits per heavy atom. The van der Waals surface area contributed by atoms with E-state index in [1.807, 2.05) is 17.2 Å². The van der Waals surface area contributed by atoms with Gasteiger partial charge in [-0.1, -0.05) is 13.8 Å². The molecule has 1 aliphatic carbocycles. The van der Waals surface area contributed by atoms with Crippen molar-refractivity contribution in [1.82, 2.24) is 19.6 Å². The van der Waals surface area contributed by atoms with Gasteiger partial charge in [0.05, 0.1) is 18.3 Å². The van der Waals surface area contributed by atoms with Gasteiger partial charge in [0.1, 0.15) is 0 Å². The second kappa shape index (κ2) is 6.18. The number of nitrogens with zero attached hydrogens (tertiary/aromatic N) is 4. The Morgan fingerprint density at radius 3 is 2.81 bits per heavy atom. The third-order valence-electron chi connectivity index (χ3n) is 4.76. The molecule has 0 aromatic carbocycles. The fourth-order valence-electron chi connectivity index (χ4n) is 3.19. The van der Waals surface area contributed by atoms with Crippen molar-refractivity contribution >= 4 is 5.91 Å². The lowest BCUT2D eigenvalue weighted by atomic mass is 10.1. The molecule has 0 saturated heterocycles. The summed E-state index contributed by atoms with van der Waals surface area (Å²) in [4.78, 5) is 16.9. The maximum Gasteiger partial charge on any atom is 0.223 e. The minimum Gasteiger partial charge on any atom is -0.335 e. The minimum atomic E-state index is 0.284. The first kappa shape index (κ1) is 14.6. The van der Waals surface area contributed by atoms with Crippen LogP contribution < -0.4 is 0 Å². The van der Waals surface area contributed by atoms with Gasteiger partial charge in [-0.2, -0.15) is 5.10 Å². The summed E-state index contributed by atoms with van der Waals surface area (Å²) in [7, 11) is 0. The van der Waals surface area contributed by atoms with Gasteiger partial charge >= 0.3 is 0 Å². The lowest BCUT2D eigenvalue weighted by molar-refractivity contribution is -0.133. The maximum absolute atomic E-state index is 12.4. The predicted octanol–water partition coefficient (Wildman–Crippen LogP) is 1.91. The van der Waals surface area contributed by atoms with E-state index in [1.54, 1.807) is 0 Å². The molecule has 2 aliphatic rings. The highest BCUT2D eigenvalue weighted by Crippen LogP contribution is 2.33. The molecule has 5 nitrogen and oxygen atoms in total. The van der Waals surface area contributed by atoms with E-state index in [0.717, 1.165) is 39.1 Å². The van der Waals surface area contributed by atoms with Crippen LogP contribution in [0.1, 0.15) is 44.8 Å². The molecule has 1 fully saturated rings. The zero-order valence-electron chi connectivity index (χ0n) is 13.2. The summed E-state index contributed by atoms with van der Waals surface area (Å²) in [5.41, 5.74) is 1.17. The van der Waals surface area contributed by atoms with Crippen LogP contribution in [0.3, 0.4) is 0 Å². The summed E-state index contributed by atoms with van der Waals surface area (Å²) in [6, 6.07) is 2.33. The third-order valence-corrected chi connectivity index (χ3v) is 4.76. The molecule has 2 heterocycles. The Balaban J connectivity index is 1.71. The van der Waals surface area contributed by atoms with E-state index in [0.29, 0.717) is 11.8 Å². The normalized spacial score (nSPS) is 21.7. The first-order valence-electron chi connectivity index (χ1n) is 8.23. The van der Waals surface area contributed by atoms with Crippen LogP contribution in [-0.2, 0) is 11.3 Å². The summed E-state index contributed by atoms with van der Waals surface area (Å²) in [6.07, 6.45) is 5.08. The highest BCUT2D eigenvalue weighted by molar-refractivity contribution is 5.76. The number of rotatable bonds is 6. The largest absolute Gasteiger partial charge is 0.335 e. The minimum absolute atomic E-state index is 0.284. The summed E-state index contributed by atoms with van der Waals surface area (Å²) < 4.78 is 2.12. The van der Waals surface area contributed by atoms with Crippen molar-refractivity contribution in [2.75, 3.05) is 26.2 Å². The van der Waals surface area contributed by atoms with Gasteiger partial charge in [-0.15, -0.1) is 0 Å². The van der Waals surface area contributed by atoms with Crippen molar-refractivity contribution in [3.05, 3.63) is 18.0 Å². The first-order valence-corrected chi connectivity index (χ1v) is 8.23. The molecule has 0 bridgehead atoms. The van der Waals surface area contributed by atoms with Crippen LogP contribution in [0.4, 0.5) is 0 Å². The van der Waals surface area contributed by atoms with E-state index < -0.39 is 0 Å². The number of carbonyl (C=O) groups is 1. The quantitative estimate of drug-likeness (QED) is 0.803. The van der Waals surface area contributed by atoms with Crippen molar-refractivity contribution in [1.29, 1.82) is 0 Å². The summed E-state index contributed by atoms with van der Waals surface area (Å²) in [6.45, 7) is 8.95. The monoisotopic (exact) mass is 290 g/mol. The average Bonchev–Trinajstić information content (AvgIpc) is 3.17. The molecule has 1 amide bonds. The van der Waals surface area contributed by atoms with Crippen molar-refractivity contribution in [3.63, 3.8) is 0 Å². The van der Waals surface area contributed by atoms with Crippen LogP contribution in [0.15, 0.2) is 12.3 Å². The van der Waals surface area contributed by atoms with Crippen LogP contribution in [0.5, 0.6) is 0 Å². The topological polar surface area (TPSA) is 41.4 Å². The lowest BCUT2D eigenvalue weighted by Gasteiger charge is -2.36. The molecule has 0 spiro atoms. The molecule has 1 aromatic heterocycles. The fraction of sp³-hybridized carbons (Fsp3) is 0.750. The molecule has 3 rings (SSSR count). The van der Waals surface area contributed by atoms with Gasteiger partial charge in [-0.3, -0.25) is 9.48 Å². The summed E-state index contributed by atoms with van der Waals surface area (Å²) in [5.74, 6) is 0.986. The smallest absolute Gasteiger partial charge is 0.223 e. The molecular formula is C16H26N4O. The average molecular weight is 290 g/mol. The van der Waals surface area contributed by atoms with Gasteiger partial charge in [0.2, 0.25) is 5.91 Å². The first-order chi connectivity index (χ1) is 10.2.